The quantitative estimate of drug-likeness (QED) is 0.560. The van der Waals surface area contributed by atoms with E-state index in [0.29, 0.717) is 0 Å². The summed E-state index contributed by atoms with van der Waals surface area (Å²) >= 11 is 0. The average molecular weight is 232 g/mol. The standard InChI is InChI=1S/C10H20N2O4/c1-9(2,7(11)13)12-10(3,8(14)15)5-6-16-4/h12H,5-6H2,1-4H3,(H2,11,13)(H,14,15). The number of nitrogens with two attached hydrogens (primary N) is 1. The van der Waals surface area contributed by atoms with Crippen molar-refractivity contribution in [2.75, 3.05) is 13.7 Å². The second-order valence-corrected chi connectivity index (χ2v) is 4.49. The molecule has 0 aliphatic carbocycles. The van der Waals surface area contributed by atoms with Gasteiger partial charge in [-0.05, 0) is 27.2 Å². The summed E-state index contributed by atoms with van der Waals surface area (Å²) in [6.07, 6.45) is 0.246. The Balaban J connectivity index is 4.81. The molecule has 0 heterocycles. The van der Waals surface area contributed by atoms with Gasteiger partial charge in [0.1, 0.15) is 5.54 Å². The normalized spacial score (nSPS) is 15.5. The fraction of sp³-hybridized carbons (Fsp3) is 0.800. The third-order valence-corrected chi connectivity index (χ3v) is 2.48. The Morgan fingerprint density at radius 3 is 2.19 bits per heavy atom. The maximum atomic E-state index is 11.2. The Morgan fingerprint density at radius 1 is 1.38 bits per heavy atom. The third-order valence-electron chi connectivity index (χ3n) is 2.48. The van der Waals surface area contributed by atoms with Crippen molar-refractivity contribution in [1.29, 1.82) is 0 Å². The molecule has 16 heavy (non-hydrogen) atoms. The Bertz CT molecular complexity index is 278. The Hall–Kier alpha value is -1.14. The Kier molecular flexibility index (Phi) is 4.89. The molecule has 0 aliphatic heterocycles. The summed E-state index contributed by atoms with van der Waals surface area (Å²) < 4.78 is 4.84. The third kappa shape index (κ3) is 3.79. The number of carboxylic acid groups (broad SMARTS) is 1. The number of nitrogens with one attached hydrogen (secondary N) is 1. The second-order valence-electron chi connectivity index (χ2n) is 4.49. The molecule has 94 valence electrons. The first-order valence-electron chi connectivity index (χ1n) is 4.97. The van der Waals surface area contributed by atoms with Crippen LogP contribution in [0.4, 0.5) is 0 Å². The van der Waals surface area contributed by atoms with Gasteiger partial charge in [-0.2, -0.15) is 0 Å². The maximum Gasteiger partial charge on any atom is 0.323 e. The van der Waals surface area contributed by atoms with Crippen molar-refractivity contribution in [3.8, 4) is 0 Å². The van der Waals surface area contributed by atoms with Gasteiger partial charge in [-0.25, -0.2) is 0 Å². The molecule has 6 heteroatoms. The molecular formula is C10H20N2O4. The van der Waals surface area contributed by atoms with Crippen molar-refractivity contribution in [2.24, 2.45) is 5.73 Å². The summed E-state index contributed by atoms with van der Waals surface area (Å²) in [4.78, 5) is 22.3. The van der Waals surface area contributed by atoms with E-state index < -0.39 is 23.0 Å². The fourth-order valence-corrected chi connectivity index (χ4v) is 1.28. The lowest BCUT2D eigenvalue weighted by atomic mass is 9.92. The molecule has 1 amide bonds. The highest BCUT2D eigenvalue weighted by atomic mass is 16.5. The Labute approximate surface area is 95.1 Å². The van der Waals surface area contributed by atoms with Crippen LogP contribution in [0.2, 0.25) is 0 Å². The number of methoxy groups -OCH3 is 1. The van der Waals surface area contributed by atoms with E-state index in [1.54, 1.807) is 13.8 Å². The van der Waals surface area contributed by atoms with Gasteiger partial charge in [-0.1, -0.05) is 0 Å². The molecule has 0 rings (SSSR count). The summed E-state index contributed by atoms with van der Waals surface area (Å²) in [7, 11) is 1.49. The largest absolute Gasteiger partial charge is 0.480 e. The molecule has 0 saturated heterocycles. The number of hydrogen-bond acceptors (Lipinski definition) is 4. The molecular weight excluding hydrogens is 212 g/mol. The Morgan fingerprint density at radius 2 is 1.88 bits per heavy atom. The van der Waals surface area contributed by atoms with Crippen LogP contribution in [0.5, 0.6) is 0 Å². The fourth-order valence-electron chi connectivity index (χ4n) is 1.28. The van der Waals surface area contributed by atoms with Crippen LogP contribution in [-0.2, 0) is 14.3 Å². The number of rotatable bonds is 7. The topological polar surface area (TPSA) is 102 Å². The minimum Gasteiger partial charge on any atom is -0.480 e. The van der Waals surface area contributed by atoms with Gasteiger partial charge in [0.2, 0.25) is 5.91 Å². The number of hydrogen-bond donors (Lipinski definition) is 3. The number of aliphatic carboxylic acids is 1. The van der Waals surface area contributed by atoms with Crippen molar-refractivity contribution < 1.29 is 19.4 Å². The van der Waals surface area contributed by atoms with Crippen LogP contribution in [0.15, 0.2) is 0 Å². The van der Waals surface area contributed by atoms with Crippen molar-refractivity contribution >= 4 is 11.9 Å². The molecule has 0 saturated carbocycles. The van der Waals surface area contributed by atoms with E-state index in [1.807, 2.05) is 0 Å². The first-order valence-corrected chi connectivity index (χ1v) is 4.97. The summed E-state index contributed by atoms with van der Waals surface area (Å²) in [5.74, 6) is -1.64. The lowest BCUT2D eigenvalue weighted by molar-refractivity contribution is -0.146. The average Bonchev–Trinajstić information content (AvgIpc) is 2.13. The van der Waals surface area contributed by atoms with Crippen LogP contribution in [0.1, 0.15) is 27.2 Å². The molecule has 0 radical (unpaired) electrons. The van der Waals surface area contributed by atoms with E-state index >= 15 is 0 Å². The van der Waals surface area contributed by atoms with Gasteiger partial charge in [-0.3, -0.25) is 14.9 Å². The molecule has 1 unspecified atom stereocenters. The van der Waals surface area contributed by atoms with Gasteiger partial charge in [-0.15, -0.1) is 0 Å². The van der Waals surface area contributed by atoms with E-state index in [1.165, 1.54) is 14.0 Å². The van der Waals surface area contributed by atoms with Crippen molar-refractivity contribution in [2.45, 2.75) is 38.3 Å². The number of primary amides is 1. The summed E-state index contributed by atoms with van der Waals surface area (Å²) in [6.45, 7) is 4.87. The minimum atomic E-state index is -1.24. The SMILES string of the molecule is COCCC(C)(NC(C)(C)C(N)=O)C(=O)O. The monoisotopic (exact) mass is 232 g/mol. The molecule has 0 bridgehead atoms. The summed E-state index contributed by atoms with van der Waals surface area (Å²) in [5.41, 5.74) is 2.86. The van der Waals surface area contributed by atoms with Gasteiger partial charge in [0.05, 0.1) is 5.54 Å². The predicted octanol–water partition coefficient (Wildman–Crippen LogP) is -0.280. The number of amides is 1. The van der Waals surface area contributed by atoms with E-state index in [2.05, 4.69) is 5.32 Å². The number of carbonyl (C=O) groups is 2. The summed E-state index contributed by atoms with van der Waals surface area (Å²) in [6, 6.07) is 0. The van der Waals surface area contributed by atoms with Crippen LogP contribution >= 0.6 is 0 Å². The zero-order valence-electron chi connectivity index (χ0n) is 10.2. The van der Waals surface area contributed by atoms with Gasteiger partial charge in [0, 0.05) is 13.7 Å². The highest BCUT2D eigenvalue weighted by Crippen LogP contribution is 2.16. The van der Waals surface area contributed by atoms with Crippen molar-refractivity contribution in [1.82, 2.24) is 5.32 Å². The van der Waals surface area contributed by atoms with Gasteiger partial charge >= 0.3 is 5.97 Å². The number of carboxylic acids is 1. The first kappa shape index (κ1) is 14.9. The highest BCUT2D eigenvalue weighted by molar-refractivity contribution is 5.86. The van der Waals surface area contributed by atoms with Gasteiger partial charge < -0.3 is 15.6 Å². The van der Waals surface area contributed by atoms with Crippen LogP contribution < -0.4 is 11.1 Å². The van der Waals surface area contributed by atoms with E-state index in [9.17, 15) is 9.59 Å². The first-order chi connectivity index (χ1) is 7.15. The van der Waals surface area contributed by atoms with Crippen LogP contribution in [0.25, 0.3) is 0 Å². The molecule has 0 aromatic carbocycles. The molecule has 6 nitrogen and oxygen atoms in total. The zero-order valence-corrected chi connectivity index (χ0v) is 10.2. The second kappa shape index (κ2) is 5.27. The molecule has 0 spiro atoms. The molecule has 1 atom stereocenters. The molecule has 0 fully saturated rings. The van der Waals surface area contributed by atoms with Crippen LogP contribution in [0.3, 0.4) is 0 Å². The zero-order chi connectivity index (χ0) is 13.0. The lowest BCUT2D eigenvalue weighted by Crippen LogP contribution is -2.63. The molecule has 0 aromatic heterocycles. The van der Waals surface area contributed by atoms with Crippen molar-refractivity contribution in [3.05, 3.63) is 0 Å². The van der Waals surface area contributed by atoms with Crippen LogP contribution in [0, 0.1) is 0 Å². The summed E-state index contributed by atoms with van der Waals surface area (Å²) in [5, 5.41) is 11.9. The number of carbonyl (C=O) groups excluding carboxylic acids is 1. The molecule has 0 aromatic rings. The van der Waals surface area contributed by atoms with Gasteiger partial charge in [0.25, 0.3) is 0 Å². The van der Waals surface area contributed by atoms with E-state index in [0.717, 1.165) is 0 Å². The lowest BCUT2D eigenvalue weighted by Gasteiger charge is -2.34. The number of ether oxygens (including phenoxy) is 1. The van der Waals surface area contributed by atoms with Gasteiger partial charge in [0.15, 0.2) is 0 Å². The molecule has 4 N–H and O–H groups in total. The van der Waals surface area contributed by atoms with Crippen molar-refractivity contribution in [3.63, 3.8) is 0 Å². The smallest absolute Gasteiger partial charge is 0.323 e. The highest BCUT2D eigenvalue weighted by Gasteiger charge is 2.40. The van der Waals surface area contributed by atoms with E-state index in [-0.39, 0.29) is 13.0 Å². The van der Waals surface area contributed by atoms with E-state index in [4.69, 9.17) is 15.6 Å². The van der Waals surface area contributed by atoms with Crippen LogP contribution in [-0.4, -0.2) is 41.8 Å². The molecule has 0 aliphatic rings. The maximum absolute atomic E-state index is 11.2. The predicted molar refractivity (Wildman–Crippen MR) is 58.9 cm³/mol. The minimum absolute atomic E-state index is 0.246.